The summed E-state index contributed by atoms with van der Waals surface area (Å²) in [7, 11) is 0. The van der Waals surface area contributed by atoms with Crippen molar-refractivity contribution >= 4 is 11.8 Å². The molecule has 2 fully saturated rings. The SMILES string of the molecule is Cc1cnc(C(=O)N(CCCN2CCOCC2)CCC(=O)N2CCN(Cc3ccc4c(c3)OCO4)CC2)cn1. The number of benzene rings is 1. The van der Waals surface area contributed by atoms with Gasteiger partial charge in [-0.2, -0.15) is 0 Å². The Balaban J connectivity index is 1.10. The van der Waals surface area contributed by atoms with Crippen molar-refractivity contribution in [2.75, 3.05) is 78.9 Å². The van der Waals surface area contributed by atoms with Crippen LogP contribution in [0, 0.1) is 6.92 Å². The number of carbonyl (C=O) groups is 2. The van der Waals surface area contributed by atoms with Gasteiger partial charge >= 0.3 is 0 Å². The minimum atomic E-state index is -0.175. The molecule has 0 bridgehead atoms. The number of ether oxygens (including phenoxy) is 3. The van der Waals surface area contributed by atoms with Crippen LogP contribution in [0.1, 0.15) is 34.6 Å². The van der Waals surface area contributed by atoms with Crippen LogP contribution in [0.15, 0.2) is 30.6 Å². The van der Waals surface area contributed by atoms with Gasteiger partial charge in [0.2, 0.25) is 12.7 Å². The van der Waals surface area contributed by atoms with Crippen molar-refractivity contribution < 1.29 is 23.8 Å². The van der Waals surface area contributed by atoms with E-state index >= 15 is 0 Å². The van der Waals surface area contributed by atoms with Crippen molar-refractivity contribution in [2.45, 2.75) is 26.3 Å². The molecule has 2 amide bonds. The molecule has 2 saturated heterocycles. The molecule has 0 atom stereocenters. The molecule has 3 aliphatic rings. The molecule has 0 spiro atoms. The van der Waals surface area contributed by atoms with Gasteiger partial charge in [-0.05, 0) is 31.0 Å². The molecule has 2 aromatic rings. The maximum Gasteiger partial charge on any atom is 0.274 e. The van der Waals surface area contributed by atoms with E-state index in [1.807, 2.05) is 24.0 Å². The lowest BCUT2D eigenvalue weighted by atomic mass is 10.1. The molecular weight excluding hydrogens is 500 g/mol. The highest BCUT2D eigenvalue weighted by molar-refractivity contribution is 5.92. The molecule has 210 valence electrons. The van der Waals surface area contributed by atoms with Crippen LogP contribution in [-0.2, 0) is 16.1 Å². The molecule has 39 heavy (non-hydrogen) atoms. The Bertz CT molecular complexity index is 1120. The average Bonchev–Trinajstić information content (AvgIpc) is 3.44. The van der Waals surface area contributed by atoms with Crippen molar-refractivity contribution in [3.8, 4) is 11.5 Å². The van der Waals surface area contributed by atoms with E-state index in [2.05, 4.69) is 25.8 Å². The monoisotopic (exact) mass is 538 g/mol. The molecule has 0 unspecified atom stereocenters. The molecule has 1 aromatic heterocycles. The summed E-state index contributed by atoms with van der Waals surface area (Å²) >= 11 is 0. The lowest BCUT2D eigenvalue weighted by molar-refractivity contribution is -0.133. The van der Waals surface area contributed by atoms with Gasteiger partial charge in [0.25, 0.3) is 5.91 Å². The topological polar surface area (TPSA) is 101 Å². The quantitative estimate of drug-likeness (QED) is 0.445. The van der Waals surface area contributed by atoms with Crippen LogP contribution in [0.3, 0.4) is 0 Å². The summed E-state index contributed by atoms with van der Waals surface area (Å²) in [6.07, 6.45) is 4.25. The molecule has 0 radical (unpaired) electrons. The van der Waals surface area contributed by atoms with Crippen LogP contribution >= 0.6 is 0 Å². The van der Waals surface area contributed by atoms with E-state index in [1.54, 1.807) is 11.1 Å². The number of rotatable bonds is 10. The third-order valence-corrected chi connectivity index (χ3v) is 7.46. The normalized spacial score (nSPS) is 17.8. The Kier molecular flexibility index (Phi) is 9.23. The first kappa shape index (κ1) is 27.3. The third kappa shape index (κ3) is 7.43. The lowest BCUT2D eigenvalue weighted by Gasteiger charge is -2.35. The van der Waals surface area contributed by atoms with Gasteiger partial charge < -0.3 is 24.0 Å². The summed E-state index contributed by atoms with van der Waals surface area (Å²) < 4.78 is 16.3. The van der Waals surface area contributed by atoms with Gasteiger partial charge in [-0.3, -0.25) is 24.4 Å². The Morgan fingerprint density at radius 1 is 0.923 bits per heavy atom. The number of carbonyl (C=O) groups excluding carboxylic acids is 2. The number of fused-ring (bicyclic) bond motifs is 1. The van der Waals surface area contributed by atoms with Crippen molar-refractivity contribution in [2.24, 2.45) is 0 Å². The van der Waals surface area contributed by atoms with Gasteiger partial charge in [0.1, 0.15) is 5.69 Å². The van der Waals surface area contributed by atoms with E-state index in [9.17, 15) is 9.59 Å². The highest BCUT2D eigenvalue weighted by atomic mass is 16.7. The number of hydrogen-bond donors (Lipinski definition) is 0. The lowest BCUT2D eigenvalue weighted by Crippen LogP contribution is -2.49. The minimum absolute atomic E-state index is 0.0821. The van der Waals surface area contributed by atoms with Crippen LogP contribution < -0.4 is 9.47 Å². The molecular formula is C28H38N6O5. The van der Waals surface area contributed by atoms with Gasteiger partial charge in [-0.15, -0.1) is 0 Å². The number of nitrogens with zero attached hydrogens (tertiary/aromatic N) is 6. The molecule has 0 aliphatic carbocycles. The standard InChI is InChI=1S/C28H38N6O5/c1-22-18-30-24(19-29-22)28(36)34(7-2-6-31-13-15-37-16-14-31)8-5-27(35)33-11-9-32(10-12-33)20-23-3-4-25-26(17-23)39-21-38-25/h3-4,17-19H,2,5-16,20-21H2,1H3. The van der Waals surface area contributed by atoms with E-state index in [0.717, 1.165) is 76.1 Å². The average molecular weight is 539 g/mol. The zero-order valence-electron chi connectivity index (χ0n) is 22.7. The van der Waals surface area contributed by atoms with Crippen LogP contribution in [0.5, 0.6) is 11.5 Å². The number of amides is 2. The van der Waals surface area contributed by atoms with E-state index in [-0.39, 0.29) is 18.6 Å². The zero-order chi connectivity index (χ0) is 27.0. The van der Waals surface area contributed by atoms with Crippen LogP contribution in [0.25, 0.3) is 0 Å². The first-order valence-corrected chi connectivity index (χ1v) is 13.8. The molecule has 3 aliphatic heterocycles. The first-order valence-electron chi connectivity index (χ1n) is 13.8. The number of hydrogen-bond acceptors (Lipinski definition) is 9. The fourth-order valence-corrected chi connectivity index (χ4v) is 5.13. The number of aryl methyl sites for hydroxylation is 1. The Morgan fingerprint density at radius 3 is 2.49 bits per heavy atom. The molecule has 11 heteroatoms. The molecule has 0 saturated carbocycles. The van der Waals surface area contributed by atoms with E-state index in [4.69, 9.17) is 14.2 Å². The van der Waals surface area contributed by atoms with E-state index in [1.165, 1.54) is 11.8 Å². The summed E-state index contributed by atoms with van der Waals surface area (Å²) in [4.78, 5) is 43.3. The Morgan fingerprint density at radius 2 is 1.72 bits per heavy atom. The second kappa shape index (κ2) is 13.2. The smallest absolute Gasteiger partial charge is 0.274 e. The van der Waals surface area contributed by atoms with Crippen molar-refractivity contribution in [1.82, 2.24) is 29.6 Å². The molecule has 1 aromatic carbocycles. The Hall–Kier alpha value is -3.28. The van der Waals surface area contributed by atoms with Gasteiger partial charge in [0.05, 0.1) is 25.1 Å². The van der Waals surface area contributed by atoms with Gasteiger partial charge in [0, 0.05) is 78.1 Å². The van der Waals surface area contributed by atoms with Gasteiger partial charge in [0.15, 0.2) is 11.5 Å². The molecule has 4 heterocycles. The fraction of sp³-hybridized carbons (Fsp3) is 0.571. The van der Waals surface area contributed by atoms with E-state index < -0.39 is 0 Å². The first-order chi connectivity index (χ1) is 19.0. The van der Waals surface area contributed by atoms with E-state index in [0.29, 0.717) is 38.3 Å². The van der Waals surface area contributed by atoms with Gasteiger partial charge in [-0.25, -0.2) is 4.98 Å². The van der Waals surface area contributed by atoms with Crippen molar-refractivity contribution in [3.05, 3.63) is 47.5 Å². The molecule has 0 N–H and O–H groups in total. The number of morpholine rings is 1. The van der Waals surface area contributed by atoms with Crippen molar-refractivity contribution in [3.63, 3.8) is 0 Å². The second-order valence-corrected chi connectivity index (χ2v) is 10.2. The highest BCUT2D eigenvalue weighted by Gasteiger charge is 2.24. The number of aromatic nitrogens is 2. The summed E-state index contributed by atoms with van der Waals surface area (Å²) in [5.74, 6) is 1.49. The van der Waals surface area contributed by atoms with Crippen LogP contribution in [0.4, 0.5) is 0 Å². The van der Waals surface area contributed by atoms with Crippen LogP contribution in [-0.4, -0.2) is 120 Å². The summed E-state index contributed by atoms with van der Waals surface area (Å²) in [6.45, 7) is 11.1. The molecule has 11 nitrogen and oxygen atoms in total. The Labute approximate surface area is 229 Å². The highest BCUT2D eigenvalue weighted by Crippen LogP contribution is 2.32. The van der Waals surface area contributed by atoms with Crippen LogP contribution in [0.2, 0.25) is 0 Å². The van der Waals surface area contributed by atoms with Crippen molar-refractivity contribution in [1.29, 1.82) is 0 Å². The van der Waals surface area contributed by atoms with Gasteiger partial charge in [-0.1, -0.05) is 6.07 Å². The summed E-state index contributed by atoms with van der Waals surface area (Å²) in [5, 5.41) is 0. The molecule has 5 rings (SSSR count). The largest absolute Gasteiger partial charge is 0.454 e. The zero-order valence-corrected chi connectivity index (χ0v) is 22.7. The summed E-state index contributed by atoms with van der Waals surface area (Å²) in [6, 6.07) is 6.05. The maximum atomic E-state index is 13.3. The number of piperazine rings is 1. The summed E-state index contributed by atoms with van der Waals surface area (Å²) in [5.41, 5.74) is 2.25. The predicted octanol–water partition coefficient (Wildman–Crippen LogP) is 1.41. The second-order valence-electron chi connectivity index (χ2n) is 10.2. The maximum absolute atomic E-state index is 13.3. The fourth-order valence-electron chi connectivity index (χ4n) is 5.13. The minimum Gasteiger partial charge on any atom is -0.454 e. The third-order valence-electron chi connectivity index (χ3n) is 7.46. The predicted molar refractivity (Wildman–Crippen MR) is 144 cm³/mol.